The molecule has 19 heavy (non-hydrogen) atoms. The molecule has 0 radical (unpaired) electrons. The average molecular weight is 266 g/mol. The monoisotopic (exact) mass is 266 g/mol. The van der Waals surface area contributed by atoms with Crippen molar-refractivity contribution in [2.45, 2.75) is 44.8 Å². The summed E-state index contributed by atoms with van der Waals surface area (Å²) in [5.74, 6) is -1.51. The molecule has 2 rings (SSSR count). The highest BCUT2D eigenvalue weighted by molar-refractivity contribution is 5.86. The van der Waals surface area contributed by atoms with Crippen molar-refractivity contribution in [3.05, 3.63) is 23.8 Å². The molecule has 0 bridgehead atoms. The van der Waals surface area contributed by atoms with Crippen molar-refractivity contribution < 1.29 is 20.1 Å². The number of carbonyl (C=O) groups is 1. The van der Waals surface area contributed by atoms with Gasteiger partial charge in [-0.3, -0.25) is 0 Å². The van der Waals surface area contributed by atoms with Gasteiger partial charge in [0.05, 0.1) is 0 Å². The summed E-state index contributed by atoms with van der Waals surface area (Å²) in [6, 6.07) is 0. The largest absolute Gasteiger partial charge is 0.478 e. The molecule has 0 aromatic heterocycles. The van der Waals surface area contributed by atoms with Gasteiger partial charge in [0.25, 0.3) is 0 Å². The van der Waals surface area contributed by atoms with Crippen LogP contribution in [0.1, 0.15) is 33.1 Å². The van der Waals surface area contributed by atoms with E-state index >= 15 is 0 Å². The van der Waals surface area contributed by atoms with E-state index in [2.05, 4.69) is 13.5 Å². The van der Waals surface area contributed by atoms with Gasteiger partial charge in [-0.1, -0.05) is 19.6 Å². The number of aliphatic carboxylic acids is 1. The summed E-state index contributed by atoms with van der Waals surface area (Å²) in [7, 11) is 0. The summed E-state index contributed by atoms with van der Waals surface area (Å²) < 4.78 is 0. The smallest absolute Gasteiger partial charge is 0.331 e. The summed E-state index contributed by atoms with van der Waals surface area (Å²) in [5.41, 5.74) is -0.671. The fourth-order valence-electron chi connectivity index (χ4n) is 3.78. The van der Waals surface area contributed by atoms with Crippen molar-refractivity contribution in [1.29, 1.82) is 0 Å². The van der Waals surface area contributed by atoms with Crippen LogP contribution in [-0.2, 0) is 4.79 Å². The average Bonchev–Trinajstić information content (AvgIpc) is 2.35. The third kappa shape index (κ3) is 2.03. The summed E-state index contributed by atoms with van der Waals surface area (Å²) in [4.78, 5) is 11.2. The zero-order valence-electron chi connectivity index (χ0n) is 11.5. The van der Waals surface area contributed by atoms with Crippen LogP contribution < -0.4 is 0 Å². The number of rotatable bonds is 2. The van der Waals surface area contributed by atoms with Gasteiger partial charge in [-0.2, -0.15) is 0 Å². The number of hydrogen-bond donors (Lipinski definition) is 3. The number of hydrogen-bond acceptors (Lipinski definition) is 3. The Morgan fingerprint density at radius 1 is 1.47 bits per heavy atom. The quantitative estimate of drug-likeness (QED) is 0.525. The highest BCUT2D eigenvalue weighted by Gasteiger charge is 2.56. The molecule has 1 unspecified atom stereocenters. The molecule has 4 heteroatoms. The molecule has 0 heterocycles. The third-order valence-electron chi connectivity index (χ3n) is 5.01. The fourth-order valence-corrected chi connectivity index (χ4v) is 3.78. The summed E-state index contributed by atoms with van der Waals surface area (Å²) in [6.07, 6.45) is 3.04. The molecular formula is C15H22O4. The highest BCUT2D eigenvalue weighted by Crippen LogP contribution is 2.51. The van der Waals surface area contributed by atoms with Gasteiger partial charge in [-0.25, -0.2) is 4.79 Å². The second kappa shape index (κ2) is 4.76. The van der Waals surface area contributed by atoms with E-state index in [1.165, 1.54) is 0 Å². The van der Waals surface area contributed by atoms with Crippen LogP contribution in [0.15, 0.2) is 23.8 Å². The van der Waals surface area contributed by atoms with Gasteiger partial charge in [-0.15, -0.1) is 0 Å². The number of allylic oxidation sites excluding steroid dienone is 1. The molecular weight excluding hydrogens is 244 g/mol. The predicted octanol–water partition coefficient (Wildman–Crippen LogP) is 1.73. The minimum absolute atomic E-state index is 0.00755. The van der Waals surface area contributed by atoms with E-state index in [0.717, 1.165) is 12.0 Å². The SMILES string of the molecule is C=C(C(=O)O)[C@@H]1CC[C@@H](C)C2CC=C(C)[C@@H](O)[C@@]21O. The van der Waals surface area contributed by atoms with Crippen molar-refractivity contribution in [1.82, 2.24) is 0 Å². The van der Waals surface area contributed by atoms with E-state index < -0.39 is 23.6 Å². The molecule has 3 N–H and O–H groups in total. The Labute approximate surface area is 113 Å². The molecule has 0 spiro atoms. The van der Waals surface area contributed by atoms with Gasteiger partial charge in [0, 0.05) is 11.5 Å². The molecule has 5 atom stereocenters. The van der Waals surface area contributed by atoms with Crippen LogP contribution in [0.2, 0.25) is 0 Å². The maximum Gasteiger partial charge on any atom is 0.331 e. The molecule has 0 aromatic rings. The molecule has 1 saturated carbocycles. The van der Waals surface area contributed by atoms with Crippen molar-refractivity contribution >= 4 is 5.97 Å². The number of aliphatic hydroxyl groups is 2. The van der Waals surface area contributed by atoms with Gasteiger partial charge >= 0.3 is 5.97 Å². The van der Waals surface area contributed by atoms with Gasteiger partial charge in [0.1, 0.15) is 11.7 Å². The molecule has 1 fully saturated rings. The molecule has 0 saturated heterocycles. The molecule has 0 aliphatic heterocycles. The number of fused-ring (bicyclic) bond motifs is 1. The Balaban J connectivity index is 2.45. The van der Waals surface area contributed by atoms with Crippen molar-refractivity contribution in [2.24, 2.45) is 17.8 Å². The summed E-state index contributed by atoms with van der Waals surface area (Å²) >= 11 is 0. The van der Waals surface area contributed by atoms with E-state index in [1.54, 1.807) is 6.92 Å². The maximum absolute atomic E-state index is 11.2. The summed E-state index contributed by atoms with van der Waals surface area (Å²) in [5, 5.41) is 30.6. The first-order chi connectivity index (χ1) is 8.80. The highest BCUT2D eigenvalue weighted by atomic mass is 16.4. The normalized spacial score (nSPS) is 42.2. The fraction of sp³-hybridized carbons (Fsp3) is 0.667. The molecule has 2 aliphatic carbocycles. The third-order valence-corrected chi connectivity index (χ3v) is 5.01. The van der Waals surface area contributed by atoms with Crippen LogP contribution in [0.5, 0.6) is 0 Å². The number of carboxylic acids is 1. The zero-order chi connectivity index (χ0) is 14.4. The minimum atomic E-state index is -1.40. The van der Waals surface area contributed by atoms with E-state index in [9.17, 15) is 15.0 Å². The minimum Gasteiger partial charge on any atom is -0.478 e. The van der Waals surface area contributed by atoms with Crippen LogP contribution >= 0.6 is 0 Å². The van der Waals surface area contributed by atoms with Crippen LogP contribution in [0, 0.1) is 17.8 Å². The Hall–Kier alpha value is -1.13. The second-order valence-corrected chi connectivity index (χ2v) is 6.02. The van der Waals surface area contributed by atoms with Crippen molar-refractivity contribution in [3.8, 4) is 0 Å². The lowest BCUT2D eigenvalue weighted by Crippen LogP contribution is -2.61. The molecule has 2 aliphatic rings. The number of carboxylic acid groups (broad SMARTS) is 1. The van der Waals surface area contributed by atoms with E-state index in [4.69, 9.17) is 5.11 Å². The van der Waals surface area contributed by atoms with Crippen LogP contribution in [0.25, 0.3) is 0 Å². The van der Waals surface area contributed by atoms with Gasteiger partial charge in [0.2, 0.25) is 0 Å². The predicted molar refractivity (Wildman–Crippen MR) is 71.5 cm³/mol. The van der Waals surface area contributed by atoms with Crippen molar-refractivity contribution in [3.63, 3.8) is 0 Å². The summed E-state index contributed by atoms with van der Waals surface area (Å²) in [6.45, 7) is 7.44. The first-order valence-corrected chi connectivity index (χ1v) is 6.79. The Morgan fingerprint density at radius 2 is 2.11 bits per heavy atom. The van der Waals surface area contributed by atoms with Gasteiger partial charge in [0.15, 0.2) is 0 Å². The molecule has 106 valence electrons. The Morgan fingerprint density at radius 3 is 2.68 bits per heavy atom. The van der Waals surface area contributed by atoms with Crippen LogP contribution in [-0.4, -0.2) is 33.0 Å². The lowest BCUT2D eigenvalue weighted by Gasteiger charge is -2.53. The molecule has 0 amide bonds. The number of aliphatic hydroxyl groups excluding tert-OH is 1. The standard InChI is InChI=1S/C15H22O4/c1-8-4-7-12(10(3)14(17)18)15(19)11(8)6-5-9(2)13(15)16/h5,8,11-13,16,19H,3-4,6-7H2,1-2H3,(H,17,18)/t8-,11?,12+,13-,15-/m1/s1. The lowest BCUT2D eigenvalue weighted by molar-refractivity contribution is -0.169. The molecule has 4 nitrogen and oxygen atoms in total. The van der Waals surface area contributed by atoms with E-state index in [1.807, 2.05) is 6.08 Å². The lowest BCUT2D eigenvalue weighted by atomic mass is 9.56. The Bertz CT molecular complexity index is 439. The first kappa shape index (κ1) is 14.3. The Kier molecular flexibility index (Phi) is 3.58. The van der Waals surface area contributed by atoms with Crippen LogP contribution in [0.3, 0.4) is 0 Å². The van der Waals surface area contributed by atoms with Crippen molar-refractivity contribution in [2.75, 3.05) is 0 Å². The maximum atomic E-state index is 11.2. The van der Waals surface area contributed by atoms with E-state index in [-0.39, 0.29) is 17.4 Å². The van der Waals surface area contributed by atoms with Crippen LogP contribution in [0.4, 0.5) is 0 Å². The van der Waals surface area contributed by atoms with Gasteiger partial charge < -0.3 is 15.3 Å². The topological polar surface area (TPSA) is 77.8 Å². The first-order valence-electron chi connectivity index (χ1n) is 6.79. The van der Waals surface area contributed by atoms with E-state index in [0.29, 0.717) is 12.8 Å². The molecule has 0 aromatic carbocycles. The second-order valence-electron chi connectivity index (χ2n) is 6.02. The zero-order valence-corrected chi connectivity index (χ0v) is 11.5. The van der Waals surface area contributed by atoms with Gasteiger partial charge in [-0.05, 0) is 43.6 Å².